The summed E-state index contributed by atoms with van der Waals surface area (Å²) >= 11 is 0. The van der Waals surface area contributed by atoms with Crippen LogP contribution in [0, 0.1) is 5.92 Å². The molecule has 248 valence electrons. The minimum Gasteiger partial charge on any atom is -0.506 e. The Hall–Kier alpha value is -5.39. The standard InChI is InChI=1S/C35H41N5O7/c1-5-20(2)29-34(45)39-30(21(3)23-14-16-24(47-4)17-15-23)35(46)40-31-25(12-9-13-27(31)41)32(43)37-26(18-22-10-7-6-8-11-22)33(44)36-19-28(42)38-29/h6-17,20-21,26,29-30,41H,5,18-19H2,1-4H3,(H,36,44)(H,37,43)(H,38,42)(H,39,45)(H,40,46)/t20-,21+,26-,29+,30-/m0/s1. The molecule has 4 rings (SSSR count). The van der Waals surface area contributed by atoms with E-state index in [0.717, 1.165) is 5.56 Å². The summed E-state index contributed by atoms with van der Waals surface area (Å²) < 4.78 is 5.26. The number of fused-ring (bicyclic) bond motifs is 1. The van der Waals surface area contributed by atoms with Crippen LogP contribution >= 0.6 is 0 Å². The van der Waals surface area contributed by atoms with Crippen LogP contribution in [0.3, 0.4) is 0 Å². The number of para-hydroxylation sites is 1. The van der Waals surface area contributed by atoms with Gasteiger partial charge in [0.25, 0.3) is 5.91 Å². The van der Waals surface area contributed by atoms with Gasteiger partial charge in [-0.25, -0.2) is 0 Å². The molecule has 0 saturated carbocycles. The summed E-state index contributed by atoms with van der Waals surface area (Å²) in [5.41, 5.74) is 1.16. The number of nitrogens with one attached hydrogen (secondary N) is 5. The van der Waals surface area contributed by atoms with Crippen LogP contribution in [-0.2, 0) is 25.6 Å². The number of benzene rings is 3. The minimum absolute atomic E-state index is 0.0971. The van der Waals surface area contributed by atoms with E-state index in [4.69, 9.17) is 4.74 Å². The molecular formula is C35H41N5O7. The number of methoxy groups -OCH3 is 1. The molecular weight excluding hydrogens is 602 g/mol. The van der Waals surface area contributed by atoms with Crippen LogP contribution in [-0.4, -0.2) is 66.4 Å². The molecule has 0 aliphatic carbocycles. The number of hydrogen-bond acceptors (Lipinski definition) is 7. The molecule has 1 aliphatic heterocycles. The summed E-state index contributed by atoms with van der Waals surface area (Å²) in [6, 6.07) is 16.8. The number of carbonyl (C=O) groups excluding carboxylic acids is 5. The number of phenols is 1. The summed E-state index contributed by atoms with van der Waals surface area (Å²) in [5, 5.41) is 24.3. The SMILES string of the molecule is CC[C@H](C)[C@H]1NC(=O)CNC(=O)[C@H](Cc2ccccc2)NC(=O)c2cccc(O)c2NC(=O)[C@H]([C@H](C)c2ccc(OC)cc2)NC1=O. The molecule has 3 aromatic rings. The van der Waals surface area contributed by atoms with E-state index in [1.807, 2.05) is 13.0 Å². The molecule has 1 aliphatic rings. The summed E-state index contributed by atoms with van der Waals surface area (Å²) in [4.78, 5) is 67.9. The normalized spacial score (nSPS) is 20.8. The van der Waals surface area contributed by atoms with Gasteiger partial charge in [0.2, 0.25) is 23.6 Å². The Balaban J connectivity index is 1.77. The van der Waals surface area contributed by atoms with E-state index in [1.165, 1.54) is 25.3 Å². The number of phenolic OH excluding ortho intramolecular Hbond substituents is 1. The molecule has 1 heterocycles. The predicted octanol–water partition coefficient (Wildman–Crippen LogP) is 2.63. The summed E-state index contributed by atoms with van der Waals surface area (Å²) in [6.07, 6.45) is 0.627. The second-order valence-corrected chi connectivity index (χ2v) is 11.6. The average molecular weight is 644 g/mol. The highest BCUT2D eigenvalue weighted by atomic mass is 16.5. The van der Waals surface area contributed by atoms with Crippen molar-refractivity contribution in [2.75, 3.05) is 19.0 Å². The van der Waals surface area contributed by atoms with Crippen LogP contribution in [0.15, 0.2) is 72.8 Å². The van der Waals surface area contributed by atoms with Gasteiger partial charge in [0.05, 0.1) is 24.9 Å². The predicted molar refractivity (Wildman–Crippen MR) is 176 cm³/mol. The number of carbonyl (C=O) groups is 5. The lowest BCUT2D eigenvalue weighted by Gasteiger charge is -2.30. The fourth-order valence-electron chi connectivity index (χ4n) is 5.33. The van der Waals surface area contributed by atoms with Crippen molar-refractivity contribution >= 4 is 35.2 Å². The lowest BCUT2D eigenvalue weighted by Crippen LogP contribution is -2.57. The van der Waals surface area contributed by atoms with Crippen molar-refractivity contribution in [3.05, 3.63) is 89.5 Å². The molecule has 12 nitrogen and oxygen atoms in total. The van der Waals surface area contributed by atoms with Gasteiger partial charge in [-0.3, -0.25) is 24.0 Å². The fraction of sp³-hybridized carbons (Fsp3) is 0.343. The second kappa shape index (κ2) is 15.7. The fourth-order valence-corrected chi connectivity index (χ4v) is 5.33. The first kappa shape index (κ1) is 34.5. The quantitative estimate of drug-likeness (QED) is 0.215. The van der Waals surface area contributed by atoms with E-state index in [0.29, 0.717) is 17.7 Å². The molecule has 0 fully saturated rings. The zero-order chi connectivity index (χ0) is 34.1. The number of rotatable bonds is 7. The largest absolute Gasteiger partial charge is 0.506 e. The molecule has 3 aromatic carbocycles. The first-order chi connectivity index (χ1) is 22.5. The number of hydrogen-bond donors (Lipinski definition) is 6. The monoisotopic (exact) mass is 643 g/mol. The van der Waals surface area contributed by atoms with Crippen LogP contribution in [0.2, 0.25) is 0 Å². The summed E-state index contributed by atoms with van der Waals surface area (Å²) in [6.45, 7) is 4.96. The van der Waals surface area contributed by atoms with Gasteiger partial charge >= 0.3 is 0 Å². The Kier molecular flexibility index (Phi) is 11.6. The van der Waals surface area contributed by atoms with Gasteiger partial charge in [-0.05, 0) is 41.3 Å². The molecule has 6 N–H and O–H groups in total. The summed E-state index contributed by atoms with van der Waals surface area (Å²) in [5.74, 6) is -4.02. The number of anilines is 1. The third kappa shape index (κ3) is 8.66. The molecule has 12 heteroatoms. The number of ether oxygens (including phenoxy) is 1. The lowest BCUT2D eigenvalue weighted by molar-refractivity contribution is -0.132. The third-order valence-corrected chi connectivity index (χ3v) is 8.40. The van der Waals surface area contributed by atoms with Gasteiger partial charge in [-0.1, -0.05) is 75.7 Å². The molecule has 5 atom stereocenters. The average Bonchev–Trinajstić information content (AvgIpc) is 3.08. The minimum atomic E-state index is -1.20. The van der Waals surface area contributed by atoms with Gasteiger partial charge in [0.1, 0.15) is 29.6 Å². The Bertz CT molecular complexity index is 1600. The van der Waals surface area contributed by atoms with E-state index in [1.54, 1.807) is 62.4 Å². The first-order valence-corrected chi connectivity index (χ1v) is 15.5. The van der Waals surface area contributed by atoms with Crippen LogP contribution in [0.4, 0.5) is 5.69 Å². The Morgan fingerprint density at radius 2 is 1.51 bits per heavy atom. The molecule has 5 amide bonds. The maximum absolute atomic E-state index is 14.0. The molecule has 47 heavy (non-hydrogen) atoms. The highest BCUT2D eigenvalue weighted by Crippen LogP contribution is 2.30. The van der Waals surface area contributed by atoms with E-state index in [2.05, 4.69) is 26.6 Å². The Morgan fingerprint density at radius 1 is 0.809 bits per heavy atom. The smallest absolute Gasteiger partial charge is 0.254 e. The highest BCUT2D eigenvalue weighted by Gasteiger charge is 2.35. The van der Waals surface area contributed by atoms with Crippen molar-refractivity contribution < 1.29 is 33.8 Å². The zero-order valence-electron chi connectivity index (χ0n) is 26.8. The Labute approximate surface area is 273 Å². The van der Waals surface area contributed by atoms with Crippen molar-refractivity contribution in [1.82, 2.24) is 21.3 Å². The van der Waals surface area contributed by atoms with Crippen LogP contribution in [0.25, 0.3) is 0 Å². The van der Waals surface area contributed by atoms with Gasteiger partial charge in [0.15, 0.2) is 0 Å². The molecule has 0 aromatic heterocycles. The van der Waals surface area contributed by atoms with Gasteiger partial charge in [0, 0.05) is 12.3 Å². The van der Waals surface area contributed by atoms with Gasteiger partial charge in [-0.2, -0.15) is 0 Å². The number of aromatic hydroxyl groups is 1. The first-order valence-electron chi connectivity index (χ1n) is 15.5. The zero-order valence-corrected chi connectivity index (χ0v) is 26.8. The van der Waals surface area contributed by atoms with Crippen molar-refractivity contribution in [3.8, 4) is 11.5 Å². The van der Waals surface area contributed by atoms with Crippen LogP contribution < -0.4 is 31.3 Å². The van der Waals surface area contributed by atoms with Crippen LogP contribution in [0.5, 0.6) is 11.5 Å². The van der Waals surface area contributed by atoms with E-state index in [9.17, 15) is 29.1 Å². The molecule has 0 unspecified atom stereocenters. The Morgan fingerprint density at radius 3 is 2.17 bits per heavy atom. The summed E-state index contributed by atoms with van der Waals surface area (Å²) in [7, 11) is 1.53. The van der Waals surface area contributed by atoms with Crippen LogP contribution in [0.1, 0.15) is 54.6 Å². The highest BCUT2D eigenvalue weighted by molar-refractivity contribution is 6.08. The third-order valence-electron chi connectivity index (χ3n) is 8.40. The lowest BCUT2D eigenvalue weighted by atomic mass is 9.91. The number of amides is 5. The van der Waals surface area contributed by atoms with Crippen molar-refractivity contribution in [2.45, 2.75) is 57.7 Å². The molecule has 0 bridgehead atoms. The van der Waals surface area contributed by atoms with Gasteiger partial charge < -0.3 is 36.4 Å². The van der Waals surface area contributed by atoms with E-state index in [-0.39, 0.29) is 29.3 Å². The molecule has 0 saturated heterocycles. The molecule has 0 spiro atoms. The van der Waals surface area contributed by atoms with E-state index >= 15 is 0 Å². The maximum atomic E-state index is 14.0. The topological polar surface area (TPSA) is 175 Å². The van der Waals surface area contributed by atoms with Crippen molar-refractivity contribution in [1.29, 1.82) is 0 Å². The molecule has 0 radical (unpaired) electrons. The van der Waals surface area contributed by atoms with E-state index < -0.39 is 60.1 Å². The van der Waals surface area contributed by atoms with Crippen molar-refractivity contribution in [2.24, 2.45) is 5.92 Å². The maximum Gasteiger partial charge on any atom is 0.254 e. The van der Waals surface area contributed by atoms with Gasteiger partial charge in [-0.15, -0.1) is 0 Å². The van der Waals surface area contributed by atoms with Crippen molar-refractivity contribution in [3.63, 3.8) is 0 Å². The second-order valence-electron chi connectivity index (χ2n) is 11.6.